The number of nitrogens with zero attached hydrogens (tertiary/aromatic N) is 4. The molecule has 1 saturated heterocycles. The Morgan fingerprint density at radius 1 is 1.44 bits per heavy atom. The number of hydrogen-bond acceptors (Lipinski definition) is 4. The van der Waals surface area contributed by atoms with Crippen molar-refractivity contribution in [1.29, 1.82) is 0 Å². The van der Waals surface area contributed by atoms with Crippen LogP contribution in [0.1, 0.15) is 11.6 Å². The van der Waals surface area contributed by atoms with E-state index in [9.17, 15) is 4.79 Å². The molecule has 1 aromatic rings. The Kier molecular flexibility index (Phi) is 3.19. The molecule has 6 nitrogen and oxygen atoms in total. The van der Waals surface area contributed by atoms with Crippen molar-refractivity contribution < 1.29 is 4.79 Å². The smallest absolute Gasteiger partial charge is 0.230 e. The molecule has 2 rings (SSSR count). The van der Waals surface area contributed by atoms with Gasteiger partial charge in [-0.2, -0.15) is 5.10 Å². The van der Waals surface area contributed by atoms with Gasteiger partial charge >= 0.3 is 0 Å². The van der Waals surface area contributed by atoms with Crippen molar-refractivity contribution in [2.45, 2.75) is 13.3 Å². The van der Waals surface area contributed by atoms with Gasteiger partial charge in [0, 0.05) is 33.2 Å². The molecule has 0 bridgehead atoms. The van der Waals surface area contributed by atoms with Gasteiger partial charge in [0.05, 0.1) is 6.42 Å². The summed E-state index contributed by atoms with van der Waals surface area (Å²) in [5, 5.41) is 7.35. The lowest BCUT2D eigenvalue weighted by molar-refractivity contribution is -0.131. The normalized spacial score (nSPS) is 16.5. The second kappa shape index (κ2) is 4.61. The van der Waals surface area contributed by atoms with Crippen LogP contribution in [0.3, 0.4) is 0 Å². The monoisotopic (exact) mass is 223 g/mol. The van der Waals surface area contributed by atoms with Crippen molar-refractivity contribution in [2.24, 2.45) is 7.05 Å². The molecule has 0 radical (unpaired) electrons. The maximum Gasteiger partial charge on any atom is 0.230 e. The molecule has 6 heteroatoms. The minimum absolute atomic E-state index is 0.136. The lowest BCUT2D eigenvalue weighted by Gasteiger charge is -2.27. The van der Waals surface area contributed by atoms with E-state index < -0.39 is 0 Å². The van der Waals surface area contributed by atoms with Crippen LogP contribution in [0.5, 0.6) is 0 Å². The second-order valence-corrected chi connectivity index (χ2v) is 4.01. The van der Waals surface area contributed by atoms with Gasteiger partial charge in [-0.1, -0.05) is 0 Å². The van der Waals surface area contributed by atoms with Crippen LogP contribution in [0.25, 0.3) is 0 Å². The molecule has 1 aliphatic rings. The van der Waals surface area contributed by atoms with Crippen LogP contribution in [-0.2, 0) is 18.3 Å². The quantitative estimate of drug-likeness (QED) is 0.705. The number of carbonyl (C=O) groups is 1. The highest BCUT2D eigenvalue weighted by Gasteiger charge is 2.18. The van der Waals surface area contributed by atoms with Gasteiger partial charge in [-0.05, 0) is 6.92 Å². The average Bonchev–Trinajstić information content (AvgIpc) is 2.59. The summed E-state index contributed by atoms with van der Waals surface area (Å²) in [6.07, 6.45) is 0.345. The molecule has 0 saturated carbocycles. The van der Waals surface area contributed by atoms with Crippen molar-refractivity contribution in [3.63, 3.8) is 0 Å². The number of aromatic nitrogens is 3. The third-order valence-electron chi connectivity index (χ3n) is 2.74. The van der Waals surface area contributed by atoms with Gasteiger partial charge in [-0.3, -0.25) is 9.48 Å². The predicted octanol–water partition coefficient (Wildman–Crippen LogP) is -0.902. The molecule has 1 amide bonds. The molecule has 1 N–H and O–H groups in total. The molecule has 0 aliphatic carbocycles. The van der Waals surface area contributed by atoms with Crippen LogP contribution in [-0.4, -0.2) is 51.8 Å². The van der Waals surface area contributed by atoms with Crippen molar-refractivity contribution in [2.75, 3.05) is 26.2 Å². The fraction of sp³-hybridized carbons (Fsp3) is 0.700. The highest BCUT2D eigenvalue weighted by Crippen LogP contribution is 2.01. The first kappa shape index (κ1) is 11.1. The van der Waals surface area contributed by atoms with Gasteiger partial charge in [0.1, 0.15) is 11.6 Å². The topological polar surface area (TPSA) is 63.1 Å². The van der Waals surface area contributed by atoms with E-state index in [0.29, 0.717) is 12.2 Å². The Labute approximate surface area is 94.6 Å². The highest BCUT2D eigenvalue weighted by atomic mass is 16.2. The van der Waals surface area contributed by atoms with E-state index >= 15 is 0 Å². The largest absolute Gasteiger partial charge is 0.340 e. The fourth-order valence-corrected chi connectivity index (χ4v) is 1.87. The van der Waals surface area contributed by atoms with Crippen molar-refractivity contribution in [3.8, 4) is 0 Å². The van der Waals surface area contributed by atoms with E-state index in [2.05, 4.69) is 15.4 Å². The van der Waals surface area contributed by atoms with E-state index in [-0.39, 0.29) is 5.91 Å². The molecule has 0 aromatic carbocycles. The number of amides is 1. The maximum atomic E-state index is 11.9. The van der Waals surface area contributed by atoms with Crippen LogP contribution >= 0.6 is 0 Å². The molecule has 0 atom stereocenters. The summed E-state index contributed by atoms with van der Waals surface area (Å²) in [7, 11) is 1.82. The van der Waals surface area contributed by atoms with Gasteiger partial charge in [-0.25, -0.2) is 4.98 Å². The van der Waals surface area contributed by atoms with Gasteiger partial charge in [0.25, 0.3) is 0 Å². The second-order valence-electron chi connectivity index (χ2n) is 4.01. The van der Waals surface area contributed by atoms with Crippen LogP contribution in [0.4, 0.5) is 0 Å². The molecular formula is C10H17N5O. The molecule has 1 fully saturated rings. The molecule has 1 aromatic heterocycles. The lowest BCUT2D eigenvalue weighted by atomic mass is 10.3. The summed E-state index contributed by atoms with van der Waals surface area (Å²) in [6.45, 7) is 5.16. The van der Waals surface area contributed by atoms with Crippen LogP contribution < -0.4 is 5.32 Å². The molecule has 88 valence electrons. The zero-order valence-electron chi connectivity index (χ0n) is 9.73. The number of carbonyl (C=O) groups excluding carboxylic acids is 1. The molecular weight excluding hydrogens is 206 g/mol. The number of aryl methyl sites for hydroxylation is 2. The number of hydrogen-bond donors (Lipinski definition) is 1. The standard InChI is InChI=1S/C10H17N5O/c1-8-12-9(14(2)13-8)7-10(16)15-5-3-11-4-6-15/h11H,3-7H2,1-2H3. The highest BCUT2D eigenvalue weighted by molar-refractivity contribution is 5.78. The number of piperazine rings is 1. The van der Waals surface area contributed by atoms with Gasteiger partial charge in [0.15, 0.2) is 0 Å². The van der Waals surface area contributed by atoms with E-state index in [4.69, 9.17) is 0 Å². The zero-order chi connectivity index (χ0) is 11.5. The van der Waals surface area contributed by atoms with Crippen LogP contribution in [0.2, 0.25) is 0 Å². The minimum atomic E-state index is 0.136. The molecule has 1 aliphatic heterocycles. The summed E-state index contributed by atoms with van der Waals surface area (Å²) in [4.78, 5) is 18.1. The lowest BCUT2D eigenvalue weighted by Crippen LogP contribution is -2.47. The predicted molar refractivity (Wildman–Crippen MR) is 58.9 cm³/mol. The molecule has 16 heavy (non-hydrogen) atoms. The van der Waals surface area contributed by atoms with E-state index in [1.54, 1.807) is 4.68 Å². The Bertz CT molecular complexity index is 381. The average molecular weight is 223 g/mol. The van der Waals surface area contributed by atoms with Gasteiger partial charge < -0.3 is 10.2 Å². The third-order valence-corrected chi connectivity index (χ3v) is 2.74. The molecule has 0 unspecified atom stereocenters. The third kappa shape index (κ3) is 2.38. The maximum absolute atomic E-state index is 11.9. The minimum Gasteiger partial charge on any atom is -0.340 e. The fourth-order valence-electron chi connectivity index (χ4n) is 1.87. The zero-order valence-corrected chi connectivity index (χ0v) is 9.73. The van der Waals surface area contributed by atoms with Crippen LogP contribution in [0.15, 0.2) is 0 Å². The number of nitrogens with one attached hydrogen (secondary N) is 1. The van der Waals surface area contributed by atoms with Crippen LogP contribution in [0, 0.1) is 6.92 Å². The molecule has 0 spiro atoms. The van der Waals surface area contributed by atoms with Crippen molar-refractivity contribution in [1.82, 2.24) is 25.0 Å². The summed E-state index contributed by atoms with van der Waals surface area (Å²) in [5.74, 6) is 1.59. The van der Waals surface area contributed by atoms with Gasteiger partial charge in [-0.15, -0.1) is 0 Å². The van der Waals surface area contributed by atoms with Gasteiger partial charge in [0.2, 0.25) is 5.91 Å². The summed E-state index contributed by atoms with van der Waals surface area (Å²) >= 11 is 0. The summed E-state index contributed by atoms with van der Waals surface area (Å²) in [6, 6.07) is 0. The molecule has 2 heterocycles. The Hall–Kier alpha value is -1.43. The van der Waals surface area contributed by atoms with Crippen molar-refractivity contribution >= 4 is 5.91 Å². The van der Waals surface area contributed by atoms with E-state index in [1.807, 2.05) is 18.9 Å². The summed E-state index contributed by atoms with van der Waals surface area (Å²) < 4.78 is 1.68. The number of rotatable bonds is 2. The summed E-state index contributed by atoms with van der Waals surface area (Å²) in [5.41, 5.74) is 0. The Morgan fingerprint density at radius 2 is 2.12 bits per heavy atom. The first-order valence-electron chi connectivity index (χ1n) is 5.52. The Morgan fingerprint density at radius 3 is 2.69 bits per heavy atom. The van der Waals surface area contributed by atoms with E-state index in [0.717, 1.165) is 32.0 Å². The van der Waals surface area contributed by atoms with E-state index in [1.165, 1.54) is 0 Å². The Balaban J connectivity index is 1.98. The first-order chi connectivity index (χ1) is 7.66. The SMILES string of the molecule is Cc1nc(CC(=O)N2CCNCC2)n(C)n1. The first-order valence-corrected chi connectivity index (χ1v) is 5.52. The van der Waals surface area contributed by atoms with Crippen molar-refractivity contribution in [3.05, 3.63) is 11.6 Å².